The number of hydrogen-bond acceptors (Lipinski definition) is 2. The normalized spacial score (nSPS) is 11.2. The van der Waals surface area contributed by atoms with Crippen LogP contribution in [0, 0.1) is 0 Å². The average molecular weight is 385 g/mol. The number of nitrogens with two attached hydrogens (primary N) is 1. The molecule has 2 aromatic carbocycles. The minimum absolute atomic E-state index is 0.185. The van der Waals surface area contributed by atoms with Crippen molar-refractivity contribution in [3.05, 3.63) is 69.1 Å². The quantitative estimate of drug-likeness (QED) is 0.738. The van der Waals surface area contributed by atoms with Gasteiger partial charge in [0.1, 0.15) is 5.69 Å². The molecule has 5 heteroatoms. The van der Waals surface area contributed by atoms with Crippen LogP contribution in [0.3, 0.4) is 0 Å². The van der Waals surface area contributed by atoms with Crippen molar-refractivity contribution in [2.24, 2.45) is 5.73 Å². The molecule has 3 rings (SSSR count). The van der Waals surface area contributed by atoms with Crippen molar-refractivity contribution in [3.63, 3.8) is 0 Å². The van der Waals surface area contributed by atoms with Crippen molar-refractivity contribution >= 4 is 32.6 Å². The summed E-state index contributed by atoms with van der Waals surface area (Å²) < 4.78 is 2.32. The minimum Gasteiger partial charge on any atom is -0.364 e. The van der Waals surface area contributed by atoms with Crippen molar-refractivity contribution in [2.45, 2.75) is 19.9 Å². The van der Waals surface area contributed by atoms with Crippen molar-refractivity contribution in [1.29, 1.82) is 0 Å². The zero-order chi connectivity index (χ0) is 17.4. The molecule has 4 nitrogen and oxygen atoms in total. The minimum atomic E-state index is -0.610. The highest BCUT2D eigenvalue weighted by molar-refractivity contribution is 9.10. The summed E-state index contributed by atoms with van der Waals surface area (Å²) in [6.07, 6.45) is 0. The molecule has 0 radical (unpaired) electrons. The summed E-state index contributed by atoms with van der Waals surface area (Å²) >= 11 is 3.45. The van der Waals surface area contributed by atoms with E-state index >= 15 is 0 Å². The summed E-state index contributed by atoms with van der Waals surface area (Å²) in [5, 5.41) is 1.28. The number of fused-ring (bicyclic) bond motifs is 1. The van der Waals surface area contributed by atoms with Crippen molar-refractivity contribution in [2.75, 3.05) is 0 Å². The van der Waals surface area contributed by atoms with Crippen LogP contribution in [0.1, 0.15) is 30.4 Å². The van der Waals surface area contributed by atoms with Gasteiger partial charge in [0.2, 0.25) is 0 Å². The van der Waals surface area contributed by atoms with Gasteiger partial charge >= 0.3 is 0 Å². The van der Waals surface area contributed by atoms with Gasteiger partial charge in [0.25, 0.3) is 11.5 Å². The number of carbonyl (C=O) groups is 1. The Balaban J connectivity index is 2.62. The van der Waals surface area contributed by atoms with E-state index in [4.69, 9.17) is 5.73 Å². The van der Waals surface area contributed by atoms with Gasteiger partial charge < -0.3 is 10.3 Å². The molecule has 1 heterocycles. The summed E-state index contributed by atoms with van der Waals surface area (Å²) in [4.78, 5) is 25.2. The van der Waals surface area contributed by atoms with Gasteiger partial charge in [-0.15, -0.1) is 0 Å². The lowest BCUT2D eigenvalue weighted by Crippen LogP contribution is -2.31. The first-order valence-corrected chi connectivity index (χ1v) is 8.44. The number of benzene rings is 2. The third-order valence-electron chi connectivity index (χ3n) is 3.99. The third kappa shape index (κ3) is 2.65. The Hall–Kier alpha value is -2.40. The molecule has 0 bridgehead atoms. The molecule has 122 valence electrons. The number of nitrogens with zero attached hydrogens (tertiary/aromatic N) is 1. The van der Waals surface area contributed by atoms with Crippen molar-refractivity contribution < 1.29 is 4.79 Å². The standard InChI is InChI=1S/C19H17BrN2O2/c1-11(2)22-17(18(21)23)16(12-6-4-3-5-7-12)15-10-13(20)8-9-14(15)19(22)24/h3-11H,1-2H3,(H2,21,23). The maximum atomic E-state index is 12.9. The number of carbonyl (C=O) groups excluding carboxylic acids is 1. The summed E-state index contributed by atoms with van der Waals surface area (Å²) in [5.74, 6) is -0.610. The van der Waals surface area contributed by atoms with Crippen molar-refractivity contribution in [1.82, 2.24) is 4.57 Å². The molecule has 0 spiro atoms. The average Bonchev–Trinajstić information content (AvgIpc) is 2.54. The zero-order valence-electron chi connectivity index (χ0n) is 13.4. The second-order valence-electron chi connectivity index (χ2n) is 5.91. The molecule has 0 aliphatic heterocycles. The maximum Gasteiger partial charge on any atom is 0.266 e. The number of pyridine rings is 1. The van der Waals surface area contributed by atoms with E-state index in [0.29, 0.717) is 16.3 Å². The van der Waals surface area contributed by atoms with Gasteiger partial charge in [-0.3, -0.25) is 9.59 Å². The molecule has 2 N–H and O–H groups in total. The van der Waals surface area contributed by atoms with E-state index in [2.05, 4.69) is 15.9 Å². The Morgan fingerprint density at radius 1 is 1.08 bits per heavy atom. The van der Waals surface area contributed by atoms with E-state index in [-0.39, 0.29) is 17.3 Å². The van der Waals surface area contributed by atoms with Gasteiger partial charge in [0.05, 0.1) is 0 Å². The number of aromatic nitrogens is 1. The molecule has 0 aliphatic rings. The number of halogens is 1. The molecule has 1 amide bonds. The Morgan fingerprint density at radius 2 is 1.75 bits per heavy atom. The molecular weight excluding hydrogens is 368 g/mol. The largest absolute Gasteiger partial charge is 0.364 e. The molecule has 3 aromatic rings. The number of primary amides is 1. The Labute approximate surface area is 148 Å². The molecule has 1 aromatic heterocycles. The highest BCUT2D eigenvalue weighted by Crippen LogP contribution is 2.33. The fourth-order valence-corrected chi connectivity index (χ4v) is 3.38. The summed E-state index contributed by atoms with van der Waals surface area (Å²) in [6.45, 7) is 3.74. The maximum absolute atomic E-state index is 12.9. The molecular formula is C19H17BrN2O2. The second-order valence-corrected chi connectivity index (χ2v) is 6.83. The molecule has 0 fully saturated rings. The highest BCUT2D eigenvalue weighted by Gasteiger charge is 2.23. The fraction of sp³-hybridized carbons (Fsp3) is 0.158. The van der Waals surface area contributed by atoms with E-state index in [1.165, 1.54) is 4.57 Å². The molecule has 0 aliphatic carbocycles. The van der Waals surface area contributed by atoms with E-state index in [1.54, 1.807) is 6.07 Å². The van der Waals surface area contributed by atoms with E-state index < -0.39 is 5.91 Å². The van der Waals surface area contributed by atoms with Crippen LogP contribution in [0.2, 0.25) is 0 Å². The summed E-state index contributed by atoms with van der Waals surface area (Å²) in [6, 6.07) is 14.8. The van der Waals surface area contributed by atoms with Crippen LogP contribution in [-0.4, -0.2) is 10.5 Å². The lowest BCUT2D eigenvalue weighted by Gasteiger charge is -2.20. The molecule has 24 heavy (non-hydrogen) atoms. The van der Waals surface area contributed by atoms with Crippen LogP contribution in [0.15, 0.2) is 57.8 Å². The van der Waals surface area contributed by atoms with E-state index in [9.17, 15) is 9.59 Å². The Morgan fingerprint density at radius 3 is 2.33 bits per heavy atom. The topological polar surface area (TPSA) is 65.1 Å². The Bertz CT molecular complexity index is 992. The first kappa shape index (κ1) is 16.5. The summed E-state index contributed by atoms with van der Waals surface area (Å²) in [5.41, 5.74) is 7.25. The van der Waals surface area contributed by atoms with Crippen LogP contribution in [0.4, 0.5) is 0 Å². The number of amides is 1. The third-order valence-corrected chi connectivity index (χ3v) is 4.48. The van der Waals surface area contributed by atoms with Gasteiger partial charge in [-0.2, -0.15) is 0 Å². The lowest BCUT2D eigenvalue weighted by atomic mass is 9.96. The first-order chi connectivity index (χ1) is 11.4. The lowest BCUT2D eigenvalue weighted by molar-refractivity contribution is 0.0989. The number of hydrogen-bond donors (Lipinski definition) is 1. The highest BCUT2D eigenvalue weighted by atomic mass is 79.9. The predicted molar refractivity (Wildman–Crippen MR) is 100 cm³/mol. The Kier molecular flexibility index (Phi) is 4.28. The molecule has 0 saturated heterocycles. The van der Waals surface area contributed by atoms with Gasteiger partial charge in [-0.25, -0.2) is 0 Å². The van der Waals surface area contributed by atoms with E-state index in [1.807, 2.05) is 56.3 Å². The number of rotatable bonds is 3. The molecule has 0 saturated carbocycles. The molecule has 0 atom stereocenters. The fourth-order valence-electron chi connectivity index (χ4n) is 3.02. The van der Waals surface area contributed by atoms with Crippen LogP contribution in [0.5, 0.6) is 0 Å². The molecule has 0 unspecified atom stereocenters. The predicted octanol–water partition coefficient (Wildman–Crippen LogP) is 4.11. The monoisotopic (exact) mass is 384 g/mol. The van der Waals surface area contributed by atoms with Crippen LogP contribution in [-0.2, 0) is 0 Å². The van der Waals surface area contributed by atoms with Gasteiger partial charge in [-0.1, -0.05) is 46.3 Å². The first-order valence-electron chi connectivity index (χ1n) is 7.64. The van der Waals surface area contributed by atoms with Gasteiger partial charge in [0.15, 0.2) is 0 Å². The van der Waals surface area contributed by atoms with Gasteiger partial charge in [-0.05, 0) is 43.0 Å². The van der Waals surface area contributed by atoms with Gasteiger partial charge in [0, 0.05) is 21.5 Å². The van der Waals surface area contributed by atoms with E-state index in [0.717, 1.165) is 10.0 Å². The SMILES string of the molecule is CC(C)n1c(C(N)=O)c(-c2ccccc2)c2cc(Br)ccc2c1=O. The van der Waals surface area contributed by atoms with Crippen LogP contribution in [0.25, 0.3) is 21.9 Å². The second kappa shape index (κ2) is 6.24. The van der Waals surface area contributed by atoms with Crippen LogP contribution < -0.4 is 11.3 Å². The van der Waals surface area contributed by atoms with Crippen LogP contribution >= 0.6 is 15.9 Å². The summed E-state index contributed by atoms with van der Waals surface area (Å²) in [7, 11) is 0. The van der Waals surface area contributed by atoms with Crippen molar-refractivity contribution in [3.8, 4) is 11.1 Å². The zero-order valence-corrected chi connectivity index (χ0v) is 15.0. The smallest absolute Gasteiger partial charge is 0.266 e.